The Bertz CT molecular complexity index is 532. The van der Waals surface area contributed by atoms with Gasteiger partial charge in [0.25, 0.3) is 0 Å². The number of likely N-dealkylation sites (tertiary alicyclic amines) is 1. The number of hydrogen-bond acceptors (Lipinski definition) is 2. The van der Waals surface area contributed by atoms with Crippen molar-refractivity contribution in [1.29, 1.82) is 0 Å². The molecule has 24 heavy (non-hydrogen) atoms. The van der Waals surface area contributed by atoms with E-state index in [0.717, 1.165) is 36.4 Å². The monoisotopic (exact) mass is 353 g/mol. The highest BCUT2D eigenvalue weighted by Crippen LogP contribution is 2.16. The largest absolute Gasteiger partial charge is 0.356 e. The van der Waals surface area contributed by atoms with E-state index in [2.05, 4.69) is 38.6 Å². The van der Waals surface area contributed by atoms with Crippen molar-refractivity contribution in [3.8, 4) is 0 Å². The normalized spacial score (nSPS) is 17.3. The van der Waals surface area contributed by atoms with Crippen molar-refractivity contribution in [3.63, 3.8) is 0 Å². The highest BCUT2D eigenvalue weighted by atomic mass is 35.5. The van der Waals surface area contributed by atoms with Crippen LogP contribution >= 0.6 is 11.6 Å². The van der Waals surface area contributed by atoms with Crippen LogP contribution in [-0.4, -0.2) is 60.6 Å². The van der Waals surface area contributed by atoms with Crippen LogP contribution in [0, 0.1) is 5.92 Å². The number of aliphatic imine (C=N–C) groups is 1. The van der Waals surface area contributed by atoms with Crippen LogP contribution in [0.3, 0.4) is 0 Å². The van der Waals surface area contributed by atoms with Gasteiger partial charge < -0.3 is 19.7 Å². The van der Waals surface area contributed by atoms with Gasteiger partial charge in [-0.1, -0.05) is 18.5 Å². The van der Waals surface area contributed by atoms with Crippen molar-refractivity contribution in [2.24, 2.45) is 18.0 Å². The zero-order valence-corrected chi connectivity index (χ0v) is 16.3. The third-order valence-electron chi connectivity index (χ3n) is 4.86. The molecule has 1 N–H and O–H groups in total. The summed E-state index contributed by atoms with van der Waals surface area (Å²) in [5.74, 6) is 1.83. The van der Waals surface area contributed by atoms with Crippen molar-refractivity contribution in [3.05, 3.63) is 23.0 Å². The molecule has 0 radical (unpaired) electrons. The number of halogens is 1. The molecule has 1 saturated heterocycles. The van der Waals surface area contributed by atoms with Crippen molar-refractivity contribution in [2.45, 2.75) is 32.7 Å². The molecule has 0 spiro atoms. The number of rotatable bonds is 6. The van der Waals surface area contributed by atoms with E-state index in [0.29, 0.717) is 0 Å². The lowest BCUT2D eigenvalue weighted by Gasteiger charge is -2.30. The molecule has 136 valence electrons. The van der Waals surface area contributed by atoms with E-state index in [1.807, 2.05) is 26.4 Å². The number of aromatic nitrogens is 1. The average Bonchev–Trinajstić information content (AvgIpc) is 2.86. The summed E-state index contributed by atoms with van der Waals surface area (Å²) in [6, 6.07) is 2.00. The summed E-state index contributed by atoms with van der Waals surface area (Å²) in [7, 11) is 5.91. The van der Waals surface area contributed by atoms with Crippen molar-refractivity contribution in [1.82, 2.24) is 19.7 Å². The lowest BCUT2D eigenvalue weighted by Crippen LogP contribution is -2.40. The Morgan fingerprint density at radius 1 is 1.42 bits per heavy atom. The molecule has 5 nitrogen and oxygen atoms in total. The lowest BCUT2D eigenvalue weighted by atomic mass is 9.99. The molecule has 0 aliphatic carbocycles. The molecule has 1 aliphatic rings. The van der Waals surface area contributed by atoms with E-state index in [1.54, 1.807) is 0 Å². The summed E-state index contributed by atoms with van der Waals surface area (Å²) in [5.41, 5.74) is 1.17. The van der Waals surface area contributed by atoms with E-state index in [9.17, 15) is 0 Å². The maximum atomic E-state index is 6.06. The summed E-state index contributed by atoms with van der Waals surface area (Å²) in [6.07, 6.45) is 5.77. The van der Waals surface area contributed by atoms with E-state index >= 15 is 0 Å². The van der Waals surface area contributed by atoms with Crippen LogP contribution in [-0.2, 0) is 13.6 Å². The Hall–Kier alpha value is -1.20. The van der Waals surface area contributed by atoms with Gasteiger partial charge in [0.2, 0.25) is 0 Å². The molecule has 1 aromatic heterocycles. The molecule has 0 saturated carbocycles. The maximum Gasteiger partial charge on any atom is 0.193 e. The van der Waals surface area contributed by atoms with Crippen LogP contribution in [0.2, 0.25) is 5.02 Å². The standard InChI is InChI=1S/C18H32ClN5/c1-15-6-10-24(11-7-15)9-5-8-21-18(20-2)23(4)14-17-12-16(19)13-22(17)3/h12-13,15H,5-11,14H2,1-4H3,(H,20,21). The Morgan fingerprint density at radius 3 is 2.71 bits per heavy atom. The van der Waals surface area contributed by atoms with Gasteiger partial charge >= 0.3 is 0 Å². The second-order valence-electron chi connectivity index (χ2n) is 6.97. The van der Waals surface area contributed by atoms with Gasteiger partial charge in [-0.3, -0.25) is 4.99 Å². The Morgan fingerprint density at radius 2 is 2.12 bits per heavy atom. The van der Waals surface area contributed by atoms with Crippen LogP contribution in [0.4, 0.5) is 0 Å². The average molecular weight is 354 g/mol. The van der Waals surface area contributed by atoms with Gasteiger partial charge in [-0.05, 0) is 50.9 Å². The van der Waals surface area contributed by atoms with Gasteiger partial charge in [-0.2, -0.15) is 0 Å². The molecule has 2 heterocycles. The molecule has 0 aromatic carbocycles. The van der Waals surface area contributed by atoms with Gasteiger partial charge in [-0.25, -0.2) is 0 Å². The number of nitrogens with zero attached hydrogens (tertiary/aromatic N) is 4. The zero-order valence-electron chi connectivity index (χ0n) is 15.6. The first-order valence-corrected chi connectivity index (χ1v) is 9.32. The third-order valence-corrected chi connectivity index (χ3v) is 5.06. The minimum absolute atomic E-state index is 0.777. The highest BCUT2D eigenvalue weighted by molar-refractivity contribution is 6.30. The molecular weight excluding hydrogens is 322 g/mol. The van der Waals surface area contributed by atoms with Gasteiger partial charge in [-0.15, -0.1) is 0 Å². The predicted octanol–water partition coefficient (Wildman–Crippen LogP) is 2.81. The first kappa shape index (κ1) is 19.1. The molecule has 1 aliphatic heterocycles. The fourth-order valence-electron chi connectivity index (χ4n) is 3.21. The van der Waals surface area contributed by atoms with Crippen molar-refractivity contribution < 1.29 is 0 Å². The summed E-state index contributed by atoms with van der Waals surface area (Å²) >= 11 is 6.06. The van der Waals surface area contributed by atoms with Crippen molar-refractivity contribution >= 4 is 17.6 Å². The number of piperidine rings is 1. The maximum absolute atomic E-state index is 6.06. The topological polar surface area (TPSA) is 35.8 Å². The predicted molar refractivity (Wildman–Crippen MR) is 103 cm³/mol. The minimum Gasteiger partial charge on any atom is -0.356 e. The number of nitrogens with one attached hydrogen (secondary N) is 1. The quantitative estimate of drug-likeness (QED) is 0.485. The summed E-state index contributed by atoms with van der Waals surface area (Å²) < 4.78 is 2.06. The zero-order chi connectivity index (χ0) is 17.5. The number of hydrogen-bond donors (Lipinski definition) is 1. The smallest absolute Gasteiger partial charge is 0.193 e. The van der Waals surface area contributed by atoms with Gasteiger partial charge in [0, 0.05) is 39.6 Å². The van der Waals surface area contributed by atoms with Crippen molar-refractivity contribution in [2.75, 3.05) is 40.3 Å². The highest BCUT2D eigenvalue weighted by Gasteiger charge is 2.15. The van der Waals surface area contributed by atoms with E-state index in [4.69, 9.17) is 11.6 Å². The molecule has 1 aromatic rings. The molecule has 6 heteroatoms. The van der Waals surface area contributed by atoms with Crippen LogP contribution in [0.1, 0.15) is 31.9 Å². The van der Waals surface area contributed by atoms with E-state index in [-0.39, 0.29) is 0 Å². The fourth-order valence-corrected chi connectivity index (χ4v) is 3.49. The first-order valence-electron chi connectivity index (χ1n) is 8.94. The molecule has 1 fully saturated rings. The van der Waals surface area contributed by atoms with Gasteiger partial charge in [0.1, 0.15) is 0 Å². The number of guanidine groups is 1. The summed E-state index contributed by atoms with van der Waals surface area (Å²) in [4.78, 5) is 9.11. The van der Waals surface area contributed by atoms with Gasteiger partial charge in [0.05, 0.1) is 11.6 Å². The molecule has 0 bridgehead atoms. The van der Waals surface area contributed by atoms with Crippen LogP contribution in [0.25, 0.3) is 0 Å². The molecule has 0 amide bonds. The molecule has 0 unspecified atom stereocenters. The van der Waals surface area contributed by atoms with Crippen LogP contribution < -0.4 is 5.32 Å². The van der Waals surface area contributed by atoms with Crippen LogP contribution in [0.5, 0.6) is 0 Å². The van der Waals surface area contributed by atoms with E-state index < -0.39 is 0 Å². The minimum atomic E-state index is 0.777. The first-order chi connectivity index (χ1) is 11.5. The SMILES string of the molecule is CN=C(NCCCN1CCC(C)CC1)N(C)Cc1cc(Cl)cn1C. The summed E-state index contributed by atoms with van der Waals surface area (Å²) in [5, 5.41) is 4.25. The third kappa shape index (κ3) is 5.71. The lowest BCUT2D eigenvalue weighted by molar-refractivity contribution is 0.191. The molecular formula is C18H32ClN5. The van der Waals surface area contributed by atoms with Gasteiger partial charge in [0.15, 0.2) is 5.96 Å². The molecule has 0 atom stereocenters. The number of aryl methyl sites for hydroxylation is 1. The second kappa shape index (κ2) is 9.33. The Labute approximate surface area is 151 Å². The Balaban J connectivity index is 1.70. The van der Waals surface area contributed by atoms with Crippen LogP contribution in [0.15, 0.2) is 17.3 Å². The fraction of sp³-hybridized carbons (Fsp3) is 0.722. The second-order valence-corrected chi connectivity index (χ2v) is 7.40. The molecule has 2 rings (SSSR count). The summed E-state index contributed by atoms with van der Waals surface area (Å²) in [6.45, 7) is 7.78. The Kier molecular flexibility index (Phi) is 7.43. The van der Waals surface area contributed by atoms with E-state index in [1.165, 1.54) is 38.2 Å².